The summed E-state index contributed by atoms with van der Waals surface area (Å²) in [6.07, 6.45) is 2.53. The Labute approximate surface area is 200 Å². The second kappa shape index (κ2) is 10.7. The molecule has 1 aliphatic heterocycles. The van der Waals surface area contributed by atoms with Crippen molar-refractivity contribution in [1.82, 2.24) is 15.6 Å². The van der Waals surface area contributed by atoms with E-state index in [0.29, 0.717) is 13.0 Å². The maximum absolute atomic E-state index is 11.9. The van der Waals surface area contributed by atoms with Crippen molar-refractivity contribution < 1.29 is 4.79 Å². The quantitative estimate of drug-likeness (QED) is 0.255. The molecule has 4 rings (SSSR count). The third-order valence-electron chi connectivity index (χ3n) is 5.70. The maximum atomic E-state index is 11.9. The number of amides is 1. The van der Waals surface area contributed by atoms with Gasteiger partial charge in [0.2, 0.25) is 5.91 Å². The van der Waals surface area contributed by atoms with Gasteiger partial charge in [-0.15, -0.1) is 24.0 Å². The average Bonchev–Trinajstić information content (AvgIpc) is 3.33. The summed E-state index contributed by atoms with van der Waals surface area (Å²) >= 11 is 0. The van der Waals surface area contributed by atoms with Crippen molar-refractivity contribution in [3.05, 3.63) is 65.4 Å². The van der Waals surface area contributed by atoms with Crippen molar-refractivity contribution >= 4 is 52.4 Å². The number of hydrogen-bond donors (Lipinski definition) is 3. The Bertz CT molecular complexity index is 1060. The van der Waals surface area contributed by atoms with Crippen LogP contribution in [0.3, 0.4) is 0 Å². The molecule has 1 fully saturated rings. The van der Waals surface area contributed by atoms with Gasteiger partial charge in [0.1, 0.15) is 0 Å². The van der Waals surface area contributed by atoms with Crippen LogP contribution in [0.15, 0.2) is 53.5 Å². The van der Waals surface area contributed by atoms with Gasteiger partial charge in [-0.2, -0.15) is 0 Å². The topological polar surface area (TPSA) is 72.5 Å². The molecule has 1 amide bonds. The SMILES string of the molecule is CN=C(NCCc1c(C)[nH]c2ccccc12)NCc1ccc(N2CCCC2=O)cc1.I. The van der Waals surface area contributed by atoms with Crippen LogP contribution < -0.4 is 15.5 Å². The first kappa shape index (κ1) is 23.1. The number of carbonyl (C=O) groups is 1. The van der Waals surface area contributed by atoms with Gasteiger partial charge in [0.25, 0.3) is 0 Å². The fourth-order valence-electron chi connectivity index (χ4n) is 4.08. The molecule has 0 aliphatic carbocycles. The minimum atomic E-state index is 0. The van der Waals surface area contributed by atoms with E-state index in [4.69, 9.17) is 0 Å². The second-order valence-corrected chi connectivity index (χ2v) is 7.69. The van der Waals surface area contributed by atoms with Crippen LogP contribution in [0, 0.1) is 6.92 Å². The highest BCUT2D eigenvalue weighted by Crippen LogP contribution is 2.22. The molecule has 3 N–H and O–H groups in total. The van der Waals surface area contributed by atoms with E-state index in [2.05, 4.69) is 63.9 Å². The number of nitrogens with zero attached hydrogens (tertiary/aromatic N) is 2. The number of para-hydroxylation sites is 1. The average molecular weight is 531 g/mol. The summed E-state index contributed by atoms with van der Waals surface area (Å²) in [7, 11) is 1.79. The Morgan fingerprint density at radius 1 is 1.13 bits per heavy atom. The van der Waals surface area contributed by atoms with Gasteiger partial charge >= 0.3 is 0 Å². The summed E-state index contributed by atoms with van der Waals surface area (Å²) in [6.45, 7) is 4.43. The van der Waals surface area contributed by atoms with E-state index >= 15 is 0 Å². The molecule has 1 aromatic heterocycles. The van der Waals surface area contributed by atoms with Crippen LogP contribution in [-0.4, -0.2) is 37.0 Å². The molecule has 1 saturated heterocycles. The number of carbonyl (C=O) groups excluding carboxylic acids is 1. The number of hydrogen-bond acceptors (Lipinski definition) is 2. The predicted molar refractivity (Wildman–Crippen MR) is 138 cm³/mol. The number of guanidine groups is 1. The van der Waals surface area contributed by atoms with Gasteiger partial charge in [0.05, 0.1) is 0 Å². The van der Waals surface area contributed by atoms with Crippen molar-refractivity contribution in [2.45, 2.75) is 32.7 Å². The van der Waals surface area contributed by atoms with Crippen molar-refractivity contribution in [1.29, 1.82) is 0 Å². The standard InChI is InChI=1S/C24H29N5O.HI/c1-17-20(21-6-3-4-7-22(21)28-17)13-14-26-24(25-2)27-16-18-9-11-19(12-10-18)29-15-5-8-23(29)30;/h3-4,6-7,9-12,28H,5,8,13-16H2,1-2H3,(H2,25,26,27);1H. The summed E-state index contributed by atoms with van der Waals surface area (Å²) in [5.74, 6) is 1.00. The number of aromatic nitrogens is 1. The molecule has 1 aliphatic rings. The van der Waals surface area contributed by atoms with E-state index in [1.54, 1.807) is 7.05 Å². The Balaban J connectivity index is 0.00000272. The first-order valence-corrected chi connectivity index (χ1v) is 10.6. The minimum absolute atomic E-state index is 0. The monoisotopic (exact) mass is 531 g/mol. The van der Waals surface area contributed by atoms with Crippen molar-refractivity contribution in [3.63, 3.8) is 0 Å². The van der Waals surface area contributed by atoms with Gasteiger partial charge in [0.15, 0.2) is 5.96 Å². The summed E-state index contributed by atoms with van der Waals surface area (Å²) < 4.78 is 0. The zero-order chi connectivity index (χ0) is 20.9. The third-order valence-corrected chi connectivity index (χ3v) is 5.70. The van der Waals surface area contributed by atoms with E-state index in [0.717, 1.165) is 43.1 Å². The number of fused-ring (bicyclic) bond motifs is 1. The van der Waals surface area contributed by atoms with E-state index < -0.39 is 0 Å². The molecule has 0 saturated carbocycles. The van der Waals surface area contributed by atoms with Gasteiger partial charge < -0.3 is 20.5 Å². The zero-order valence-electron chi connectivity index (χ0n) is 18.1. The Morgan fingerprint density at radius 3 is 2.61 bits per heavy atom. The van der Waals surface area contributed by atoms with Crippen LogP contribution in [0.5, 0.6) is 0 Å². The van der Waals surface area contributed by atoms with Crippen molar-refractivity contribution in [3.8, 4) is 0 Å². The number of nitrogens with one attached hydrogen (secondary N) is 3. The fourth-order valence-corrected chi connectivity index (χ4v) is 4.08. The van der Waals surface area contributed by atoms with Crippen LogP contribution in [0.2, 0.25) is 0 Å². The number of halogens is 1. The smallest absolute Gasteiger partial charge is 0.227 e. The Hall–Kier alpha value is -2.55. The number of aliphatic imine (C=N–C) groups is 1. The molecule has 0 bridgehead atoms. The lowest BCUT2D eigenvalue weighted by atomic mass is 10.1. The van der Waals surface area contributed by atoms with Crippen LogP contribution in [0.1, 0.15) is 29.7 Å². The van der Waals surface area contributed by atoms with Gasteiger partial charge in [-0.25, -0.2) is 0 Å². The molecule has 0 radical (unpaired) electrons. The summed E-state index contributed by atoms with van der Waals surface area (Å²) in [5, 5.41) is 8.06. The number of aromatic amines is 1. The van der Waals surface area contributed by atoms with Gasteiger partial charge in [-0.05, 0) is 49.1 Å². The molecule has 164 valence electrons. The summed E-state index contributed by atoms with van der Waals surface area (Å²) in [5.41, 5.74) is 5.89. The number of H-pyrrole nitrogens is 1. The Morgan fingerprint density at radius 2 is 1.90 bits per heavy atom. The minimum Gasteiger partial charge on any atom is -0.358 e. The van der Waals surface area contributed by atoms with Crippen LogP contribution in [0.25, 0.3) is 10.9 Å². The third kappa shape index (κ3) is 5.39. The van der Waals surface area contributed by atoms with Gasteiger partial charge in [-0.3, -0.25) is 9.79 Å². The molecule has 2 heterocycles. The van der Waals surface area contributed by atoms with E-state index in [1.807, 2.05) is 17.0 Å². The number of aryl methyl sites for hydroxylation is 1. The first-order chi connectivity index (χ1) is 14.7. The van der Waals surface area contributed by atoms with Crippen molar-refractivity contribution in [2.24, 2.45) is 4.99 Å². The molecular formula is C24H30IN5O. The summed E-state index contributed by atoms with van der Waals surface area (Å²) in [6, 6.07) is 16.6. The lowest BCUT2D eigenvalue weighted by Crippen LogP contribution is -2.37. The fraction of sp³-hybridized carbons (Fsp3) is 0.333. The molecule has 0 atom stereocenters. The Kier molecular flexibility index (Phi) is 7.95. The van der Waals surface area contributed by atoms with Crippen LogP contribution in [-0.2, 0) is 17.8 Å². The highest BCUT2D eigenvalue weighted by Gasteiger charge is 2.21. The molecule has 7 heteroatoms. The van der Waals surface area contributed by atoms with Crippen LogP contribution >= 0.6 is 24.0 Å². The lowest BCUT2D eigenvalue weighted by Gasteiger charge is -2.16. The molecular weight excluding hydrogens is 501 g/mol. The lowest BCUT2D eigenvalue weighted by molar-refractivity contribution is -0.117. The normalized spacial score (nSPS) is 14.1. The second-order valence-electron chi connectivity index (χ2n) is 7.69. The van der Waals surface area contributed by atoms with Crippen LogP contribution in [0.4, 0.5) is 5.69 Å². The van der Waals surface area contributed by atoms with Gasteiger partial charge in [-0.1, -0.05) is 30.3 Å². The molecule has 0 unspecified atom stereocenters. The van der Waals surface area contributed by atoms with E-state index in [1.165, 1.54) is 22.2 Å². The zero-order valence-corrected chi connectivity index (χ0v) is 20.4. The van der Waals surface area contributed by atoms with Gasteiger partial charge in [0, 0.05) is 55.4 Å². The molecule has 0 spiro atoms. The number of benzene rings is 2. The molecule has 31 heavy (non-hydrogen) atoms. The highest BCUT2D eigenvalue weighted by atomic mass is 127. The highest BCUT2D eigenvalue weighted by molar-refractivity contribution is 14.0. The van der Waals surface area contributed by atoms with E-state index in [-0.39, 0.29) is 29.9 Å². The first-order valence-electron chi connectivity index (χ1n) is 10.6. The van der Waals surface area contributed by atoms with E-state index in [9.17, 15) is 4.79 Å². The predicted octanol–water partition coefficient (Wildman–Crippen LogP) is 4.13. The summed E-state index contributed by atoms with van der Waals surface area (Å²) in [4.78, 5) is 21.5. The molecule has 2 aromatic carbocycles. The number of anilines is 1. The largest absolute Gasteiger partial charge is 0.358 e. The van der Waals surface area contributed by atoms with Crippen molar-refractivity contribution in [2.75, 3.05) is 25.0 Å². The molecule has 6 nitrogen and oxygen atoms in total. The molecule has 3 aromatic rings. The maximum Gasteiger partial charge on any atom is 0.227 e. The number of rotatable bonds is 6.